The Balaban J connectivity index is 2.62. The standard InChI is InChI=1S/C11H7Cl3N2/c12-4-11-9(5-15-6-16-11)8-3-7(13)1-2-10(8)14/h1-3,5-6H,4H2. The Morgan fingerprint density at radius 2 is 1.94 bits per heavy atom. The molecule has 0 aliphatic carbocycles. The molecule has 0 spiro atoms. The lowest BCUT2D eigenvalue weighted by Crippen LogP contribution is -1.92. The molecule has 1 aromatic heterocycles. The zero-order valence-electron chi connectivity index (χ0n) is 8.12. The van der Waals surface area contributed by atoms with E-state index in [1.54, 1.807) is 24.4 Å². The first-order valence-corrected chi connectivity index (χ1v) is 5.81. The van der Waals surface area contributed by atoms with Crippen LogP contribution in [-0.4, -0.2) is 9.97 Å². The van der Waals surface area contributed by atoms with Crippen molar-refractivity contribution in [2.45, 2.75) is 5.88 Å². The Kier molecular flexibility index (Phi) is 3.64. The van der Waals surface area contributed by atoms with Gasteiger partial charge in [0.25, 0.3) is 0 Å². The predicted molar refractivity (Wildman–Crippen MR) is 67.0 cm³/mol. The zero-order valence-corrected chi connectivity index (χ0v) is 10.4. The molecule has 2 rings (SSSR count). The molecule has 0 unspecified atom stereocenters. The van der Waals surface area contributed by atoms with Gasteiger partial charge in [0.2, 0.25) is 0 Å². The fourth-order valence-corrected chi connectivity index (χ4v) is 1.99. The normalized spacial score (nSPS) is 10.4. The quantitative estimate of drug-likeness (QED) is 0.767. The van der Waals surface area contributed by atoms with Crippen molar-refractivity contribution in [1.82, 2.24) is 9.97 Å². The number of halogens is 3. The van der Waals surface area contributed by atoms with Crippen LogP contribution in [0.4, 0.5) is 0 Å². The molecule has 16 heavy (non-hydrogen) atoms. The minimum Gasteiger partial charge on any atom is -0.244 e. The Bertz CT molecular complexity index is 514. The second-order valence-corrected chi connectivity index (χ2v) is 4.25. The van der Waals surface area contributed by atoms with Crippen molar-refractivity contribution in [3.8, 4) is 11.1 Å². The summed E-state index contributed by atoms with van der Waals surface area (Å²) in [5, 5.41) is 1.22. The lowest BCUT2D eigenvalue weighted by Gasteiger charge is -2.07. The van der Waals surface area contributed by atoms with Crippen LogP contribution in [0, 0.1) is 0 Å². The summed E-state index contributed by atoms with van der Waals surface area (Å²) in [5.41, 5.74) is 2.34. The molecule has 0 aliphatic heterocycles. The van der Waals surface area contributed by atoms with Crippen molar-refractivity contribution in [3.63, 3.8) is 0 Å². The summed E-state index contributed by atoms with van der Waals surface area (Å²) in [6, 6.07) is 5.25. The molecule has 2 nitrogen and oxygen atoms in total. The van der Waals surface area contributed by atoms with E-state index in [2.05, 4.69) is 9.97 Å². The molecule has 1 heterocycles. The average Bonchev–Trinajstić information content (AvgIpc) is 2.32. The number of hydrogen-bond acceptors (Lipinski definition) is 2. The van der Waals surface area contributed by atoms with Crippen molar-refractivity contribution < 1.29 is 0 Å². The molecule has 0 amide bonds. The summed E-state index contributed by atoms with van der Waals surface area (Å²) in [4.78, 5) is 8.07. The van der Waals surface area contributed by atoms with Crippen LogP contribution >= 0.6 is 34.8 Å². The van der Waals surface area contributed by atoms with E-state index in [0.29, 0.717) is 15.9 Å². The number of aromatic nitrogens is 2. The first kappa shape index (κ1) is 11.6. The van der Waals surface area contributed by atoms with Gasteiger partial charge in [0.05, 0.1) is 11.6 Å². The first-order chi connectivity index (χ1) is 7.72. The van der Waals surface area contributed by atoms with Gasteiger partial charge in [0.1, 0.15) is 6.33 Å². The predicted octanol–water partition coefficient (Wildman–Crippen LogP) is 4.19. The Morgan fingerprint density at radius 3 is 2.69 bits per heavy atom. The van der Waals surface area contributed by atoms with E-state index in [4.69, 9.17) is 34.8 Å². The molecule has 82 valence electrons. The van der Waals surface area contributed by atoms with E-state index in [0.717, 1.165) is 16.8 Å². The Morgan fingerprint density at radius 1 is 1.12 bits per heavy atom. The molecule has 2 aromatic rings. The number of rotatable bonds is 2. The van der Waals surface area contributed by atoms with E-state index in [1.807, 2.05) is 0 Å². The van der Waals surface area contributed by atoms with Crippen LogP contribution in [0.25, 0.3) is 11.1 Å². The van der Waals surface area contributed by atoms with Gasteiger partial charge < -0.3 is 0 Å². The summed E-state index contributed by atoms with van der Waals surface area (Å²) in [5.74, 6) is 0.306. The maximum absolute atomic E-state index is 6.10. The molecule has 0 atom stereocenters. The molecule has 0 N–H and O–H groups in total. The lowest BCUT2D eigenvalue weighted by atomic mass is 10.1. The van der Waals surface area contributed by atoms with Crippen LogP contribution in [-0.2, 0) is 5.88 Å². The Labute approximate surface area is 108 Å². The van der Waals surface area contributed by atoms with Crippen LogP contribution in [0.2, 0.25) is 10.0 Å². The maximum atomic E-state index is 6.10. The monoisotopic (exact) mass is 272 g/mol. The lowest BCUT2D eigenvalue weighted by molar-refractivity contribution is 1.09. The first-order valence-electron chi connectivity index (χ1n) is 4.52. The molecule has 0 aliphatic rings. The number of nitrogens with zero attached hydrogens (tertiary/aromatic N) is 2. The van der Waals surface area contributed by atoms with Crippen LogP contribution in [0.15, 0.2) is 30.7 Å². The zero-order chi connectivity index (χ0) is 11.5. The summed E-state index contributed by atoms with van der Waals surface area (Å²) < 4.78 is 0. The number of benzene rings is 1. The second kappa shape index (κ2) is 5.00. The van der Waals surface area contributed by atoms with Gasteiger partial charge in [-0.15, -0.1) is 11.6 Å². The van der Waals surface area contributed by atoms with Crippen molar-refractivity contribution in [2.24, 2.45) is 0 Å². The number of hydrogen-bond donors (Lipinski definition) is 0. The largest absolute Gasteiger partial charge is 0.244 e. The molecule has 0 radical (unpaired) electrons. The molecular weight excluding hydrogens is 266 g/mol. The fraction of sp³-hybridized carbons (Fsp3) is 0.0909. The van der Waals surface area contributed by atoms with Crippen molar-refractivity contribution in [2.75, 3.05) is 0 Å². The van der Waals surface area contributed by atoms with Crippen LogP contribution in [0.5, 0.6) is 0 Å². The SMILES string of the molecule is ClCc1ncncc1-c1cc(Cl)ccc1Cl. The second-order valence-electron chi connectivity index (χ2n) is 3.14. The van der Waals surface area contributed by atoms with Gasteiger partial charge in [-0.3, -0.25) is 0 Å². The fourth-order valence-electron chi connectivity index (χ4n) is 1.39. The topological polar surface area (TPSA) is 25.8 Å². The molecule has 0 saturated heterocycles. The smallest absolute Gasteiger partial charge is 0.115 e. The van der Waals surface area contributed by atoms with Crippen molar-refractivity contribution >= 4 is 34.8 Å². The summed E-state index contributed by atoms with van der Waals surface area (Å²) in [6.07, 6.45) is 3.14. The van der Waals surface area contributed by atoms with Gasteiger partial charge in [-0.25, -0.2) is 9.97 Å². The van der Waals surface area contributed by atoms with Gasteiger partial charge >= 0.3 is 0 Å². The van der Waals surface area contributed by atoms with Crippen molar-refractivity contribution in [1.29, 1.82) is 0 Å². The summed E-state index contributed by atoms with van der Waals surface area (Å²) >= 11 is 17.8. The highest BCUT2D eigenvalue weighted by Crippen LogP contribution is 2.31. The van der Waals surface area contributed by atoms with Crippen LogP contribution < -0.4 is 0 Å². The van der Waals surface area contributed by atoms with Gasteiger partial charge in [-0.1, -0.05) is 23.2 Å². The molecule has 0 fully saturated rings. The molecule has 1 aromatic carbocycles. The summed E-state index contributed by atoms with van der Waals surface area (Å²) in [7, 11) is 0. The Hall–Kier alpha value is -0.830. The molecule has 0 bridgehead atoms. The van der Waals surface area contributed by atoms with Crippen LogP contribution in [0.1, 0.15) is 5.69 Å². The van der Waals surface area contributed by atoms with Crippen molar-refractivity contribution in [3.05, 3.63) is 46.5 Å². The van der Waals surface area contributed by atoms with E-state index in [1.165, 1.54) is 6.33 Å². The minimum atomic E-state index is 0.306. The third-order valence-corrected chi connectivity index (χ3v) is 2.96. The van der Waals surface area contributed by atoms with E-state index < -0.39 is 0 Å². The third-order valence-electron chi connectivity index (χ3n) is 2.14. The van der Waals surface area contributed by atoms with Crippen LogP contribution in [0.3, 0.4) is 0 Å². The molecule has 0 saturated carbocycles. The van der Waals surface area contributed by atoms with E-state index in [-0.39, 0.29) is 0 Å². The third kappa shape index (κ3) is 2.29. The maximum Gasteiger partial charge on any atom is 0.115 e. The molecular formula is C11H7Cl3N2. The summed E-state index contributed by atoms with van der Waals surface area (Å²) in [6.45, 7) is 0. The highest BCUT2D eigenvalue weighted by Gasteiger charge is 2.09. The van der Waals surface area contributed by atoms with Gasteiger partial charge in [-0.05, 0) is 18.2 Å². The average molecular weight is 274 g/mol. The van der Waals surface area contributed by atoms with Gasteiger partial charge in [0.15, 0.2) is 0 Å². The molecule has 5 heteroatoms. The van der Waals surface area contributed by atoms with Gasteiger partial charge in [0, 0.05) is 27.4 Å². The van der Waals surface area contributed by atoms with E-state index >= 15 is 0 Å². The van der Waals surface area contributed by atoms with Gasteiger partial charge in [-0.2, -0.15) is 0 Å². The highest BCUT2D eigenvalue weighted by molar-refractivity contribution is 6.35. The van der Waals surface area contributed by atoms with E-state index in [9.17, 15) is 0 Å². The number of alkyl halides is 1. The minimum absolute atomic E-state index is 0.306. The highest BCUT2D eigenvalue weighted by atomic mass is 35.5.